The number of amides is 1. The topological polar surface area (TPSA) is 78.5 Å². The molecule has 6 nitrogen and oxygen atoms in total. The van der Waals surface area contributed by atoms with Crippen LogP contribution in [0.1, 0.15) is 25.3 Å². The van der Waals surface area contributed by atoms with Crippen LogP contribution in [0.15, 0.2) is 59.5 Å². The first-order chi connectivity index (χ1) is 13.3. The lowest BCUT2D eigenvalue weighted by Gasteiger charge is -2.34. The van der Waals surface area contributed by atoms with Crippen molar-refractivity contribution in [3.8, 4) is 0 Å². The highest BCUT2D eigenvalue weighted by Gasteiger charge is 2.28. The number of carbonyl (C=O) groups is 1. The third-order valence-electron chi connectivity index (χ3n) is 4.98. The third-order valence-corrected chi connectivity index (χ3v) is 6.54. The predicted molar refractivity (Wildman–Crippen MR) is 111 cm³/mol. The molecule has 28 heavy (non-hydrogen) atoms. The minimum absolute atomic E-state index is 0.170. The molecule has 1 heterocycles. The number of nitrogens with zero attached hydrogens (tertiary/aromatic N) is 1. The number of carbonyl (C=O) groups excluding carboxylic acids is 1. The fourth-order valence-corrected chi connectivity index (χ4v) is 4.55. The van der Waals surface area contributed by atoms with Gasteiger partial charge in [0.15, 0.2) is 0 Å². The van der Waals surface area contributed by atoms with E-state index in [1.54, 1.807) is 36.1 Å². The average Bonchev–Trinajstić information content (AvgIpc) is 2.69. The summed E-state index contributed by atoms with van der Waals surface area (Å²) in [4.78, 5) is 14.6. The molecule has 0 saturated carbocycles. The van der Waals surface area contributed by atoms with E-state index >= 15 is 0 Å². The summed E-state index contributed by atoms with van der Waals surface area (Å²) < 4.78 is 27.5. The first-order valence-electron chi connectivity index (χ1n) is 9.54. The van der Waals surface area contributed by atoms with Crippen molar-refractivity contribution in [2.75, 3.05) is 18.4 Å². The van der Waals surface area contributed by atoms with E-state index in [0.717, 1.165) is 24.1 Å². The van der Waals surface area contributed by atoms with Crippen LogP contribution in [0, 0.1) is 6.92 Å². The first-order valence-corrected chi connectivity index (χ1v) is 11.0. The maximum Gasteiger partial charge on any atom is 0.241 e. The van der Waals surface area contributed by atoms with Crippen LogP contribution in [-0.4, -0.2) is 44.4 Å². The van der Waals surface area contributed by atoms with Crippen LogP contribution in [0.5, 0.6) is 0 Å². The number of sulfonamides is 1. The van der Waals surface area contributed by atoms with Gasteiger partial charge in [0, 0.05) is 24.8 Å². The highest BCUT2D eigenvalue weighted by Crippen LogP contribution is 2.17. The Morgan fingerprint density at radius 2 is 1.64 bits per heavy atom. The van der Waals surface area contributed by atoms with Crippen molar-refractivity contribution < 1.29 is 13.2 Å². The number of para-hydroxylation sites is 1. The van der Waals surface area contributed by atoms with Gasteiger partial charge >= 0.3 is 0 Å². The number of anilines is 1. The second kappa shape index (κ2) is 8.75. The van der Waals surface area contributed by atoms with Gasteiger partial charge in [-0.1, -0.05) is 35.9 Å². The molecule has 3 rings (SSSR count). The van der Waals surface area contributed by atoms with E-state index in [1.807, 2.05) is 37.3 Å². The Bertz CT molecular complexity index is 890. The second-order valence-electron chi connectivity index (χ2n) is 7.27. The van der Waals surface area contributed by atoms with Crippen molar-refractivity contribution in [1.29, 1.82) is 0 Å². The molecule has 0 radical (unpaired) electrons. The van der Waals surface area contributed by atoms with E-state index in [1.165, 1.54) is 0 Å². The maximum atomic E-state index is 12.7. The molecule has 7 heteroatoms. The molecule has 150 valence electrons. The average molecular weight is 402 g/mol. The Balaban J connectivity index is 1.53. The van der Waals surface area contributed by atoms with Crippen molar-refractivity contribution in [1.82, 2.24) is 9.62 Å². The fourth-order valence-electron chi connectivity index (χ4n) is 3.36. The van der Waals surface area contributed by atoms with Gasteiger partial charge in [-0.25, -0.2) is 8.42 Å². The van der Waals surface area contributed by atoms with E-state index in [0.29, 0.717) is 19.1 Å². The summed E-state index contributed by atoms with van der Waals surface area (Å²) in [7, 11) is -3.72. The quantitative estimate of drug-likeness (QED) is 0.780. The monoisotopic (exact) mass is 401 g/mol. The molecule has 1 aliphatic heterocycles. The van der Waals surface area contributed by atoms with Gasteiger partial charge in [-0.05, 0) is 51.0 Å². The Kier molecular flexibility index (Phi) is 6.36. The highest BCUT2D eigenvalue weighted by atomic mass is 32.2. The number of piperidine rings is 1. The molecule has 1 aliphatic rings. The van der Waals surface area contributed by atoms with Crippen molar-refractivity contribution >= 4 is 21.6 Å². The Morgan fingerprint density at radius 3 is 2.25 bits per heavy atom. The number of likely N-dealkylation sites (tertiary alicyclic amines) is 1. The Hall–Kier alpha value is -2.38. The van der Waals surface area contributed by atoms with Crippen LogP contribution in [-0.2, 0) is 14.8 Å². The molecule has 2 N–H and O–H groups in total. The summed E-state index contributed by atoms with van der Waals surface area (Å²) in [6.07, 6.45) is 1.66. The first kappa shape index (κ1) is 20.4. The lowest BCUT2D eigenvalue weighted by atomic mass is 10.0. The lowest BCUT2D eigenvalue weighted by Crippen LogP contribution is -2.50. The summed E-state index contributed by atoms with van der Waals surface area (Å²) in [5.41, 5.74) is 2.06. The van der Waals surface area contributed by atoms with Crippen molar-refractivity contribution in [3.63, 3.8) is 0 Å². The Morgan fingerprint density at radius 1 is 1.04 bits per heavy atom. The van der Waals surface area contributed by atoms with Crippen LogP contribution in [0.4, 0.5) is 5.69 Å². The van der Waals surface area contributed by atoms with Crippen molar-refractivity contribution in [3.05, 3.63) is 60.2 Å². The van der Waals surface area contributed by atoms with E-state index in [2.05, 4.69) is 10.0 Å². The van der Waals surface area contributed by atoms with Crippen LogP contribution in [0.2, 0.25) is 0 Å². The van der Waals surface area contributed by atoms with Gasteiger partial charge < -0.3 is 10.2 Å². The zero-order valence-electron chi connectivity index (χ0n) is 16.3. The minimum atomic E-state index is -3.72. The highest BCUT2D eigenvalue weighted by molar-refractivity contribution is 7.89. The van der Waals surface area contributed by atoms with Crippen LogP contribution < -0.4 is 10.0 Å². The molecule has 1 saturated heterocycles. The summed E-state index contributed by atoms with van der Waals surface area (Å²) >= 11 is 0. The van der Waals surface area contributed by atoms with Gasteiger partial charge in [0.2, 0.25) is 15.9 Å². The zero-order valence-corrected chi connectivity index (χ0v) is 17.1. The van der Waals surface area contributed by atoms with Crippen LogP contribution in [0.25, 0.3) is 0 Å². The fraction of sp³-hybridized carbons (Fsp3) is 0.381. The third kappa shape index (κ3) is 5.11. The Labute approximate surface area is 167 Å². The predicted octanol–water partition coefficient (Wildman–Crippen LogP) is 2.76. The molecule has 2 aromatic rings. The number of hydrogen-bond donors (Lipinski definition) is 2. The van der Waals surface area contributed by atoms with Gasteiger partial charge in [0.1, 0.15) is 0 Å². The number of rotatable bonds is 6. The largest absolute Gasteiger partial charge is 0.382 e. The van der Waals surface area contributed by atoms with E-state index in [9.17, 15) is 13.2 Å². The summed E-state index contributed by atoms with van der Waals surface area (Å²) in [6.45, 7) is 4.72. The molecule has 0 spiro atoms. The van der Waals surface area contributed by atoms with Crippen molar-refractivity contribution in [2.24, 2.45) is 0 Å². The molecule has 1 amide bonds. The van der Waals surface area contributed by atoms with Gasteiger partial charge in [0.25, 0.3) is 0 Å². The zero-order chi connectivity index (χ0) is 20.1. The molecule has 0 aliphatic carbocycles. The number of benzene rings is 2. The summed E-state index contributed by atoms with van der Waals surface area (Å²) in [6, 6.07) is 16.1. The molecule has 1 fully saturated rings. The SMILES string of the molecule is Cc1ccc(S(=O)(=O)N[C@@H](C)C(=O)N2CCC(Nc3ccccc3)CC2)cc1. The summed E-state index contributed by atoms with van der Waals surface area (Å²) in [5, 5.41) is 3.48. The molecular formula is C21H27N3O3S. The van der Waals surface area contributed by atoms with E-state index < -0.39 is 16.1 Å². The van der Waals surface area contributed by atoms with Gasteiger partial charge in [-0.15, -0.1) is 0 Å². The van der Waals surface area contributed by atoms with E-state index in [4.69, 9.17) is 0 Å². The number of aryl methyl sites for hydroxylation is 1. The number of nitrogens with one attached hydrogen (secondary N) is 2. The smallest absolute Gasteiger partial charge is 0.241 e. The van der Waals surface area contributed by atoms with Crippen LogP contribution in [0.3, 0.4) is 0 Å². The number of hydrogen-bond acceptors (Lipinski definition) is 4. The normalized spacial score (nSPS) is 16.6. The minimum Gasteiger partial charge on any atom is -0.382 e. The second-order valence-corrected chi connectivity index (χ2v) is 8.98. The lowest BCUT2D eigenvalue weighted by molar-refractivity contribution is -0.133. The molecule has 0 aromatic heterocycles. The van der Waals surface area contributed by atoms with E-state index in [-0.39, 0.29) is 10.8 Å². The van der Waals surface area contributed by atoms with Crippen molar-refractivity contribution in [2.45, 2.75) is 43.7 Å². The van der Waals surface area contributed by atoms with Crippen LogP contribution >= 0.6 is 0 Å². The molecule has 0 bridgehead atoms. The molecular weight excluding hydrogens is 374 g/mol. The molecule has 1 atom stereocenters. The van der Waals surface area contributed by atoms with Gasteiger partial charge in [-0.2, -0.15) is 4.72 Å². The van der Waals surface area contributed by atoms with Gasteiger partial charge in [-0.3, -0.25) is 4.79 Å². The van der Waals surface area contributed by atoms with Gasteiger partial charge in [0.05, 0.1) is 10.9 Å². The molecule has 2 aromatic carbocycles. The standard InChI is InChI=1S/C21H27N3O3S/c1-16-8-10-20(11-9-16)28(26,27)23-17(2)21(25)24-14-12-19(13-15-24)22-18-6-4-3-5-7-18/h3-11,17,19,22-23H,12-15H2,1-2H3/t17-/m0/s1. The maximum absolute atomic E-state index is 12.7. The molecule has 0 unspecified atom stereocenters. The summed E-state index contributed by atoms with van der Waals surface area (Å²) in [5.74, 6) is -0.186.